The number of aromatic nitrogens is 2. The predicted molar refractivity (Wildman–Crippen MR) is 84.7 cm³/mol. The number of hydrogen-bond acceptors (Lipinski definition) is 2. The molecule has 0 bridgehead atoms. The summed E-state index contributed by atoms with van der Waals surface area (Å²) in [5.74, 6) is 0.971. The van der Waals surface area contributed by atoms with E-state index in [1.54, 1.807) is 6.92 Å². The first kappa shape index (κ1) is 14.4. The van der Waals surface area contributed by atoms with Crippen LogP contribution in [0.1, 0.15) is 57.1 Å². The summed E-state index contributed by atoms with van der Waals surface area (Å²) in [6, 6.07) is 3.77. The fraction of sp³-hybridized carbons (Fsp3) is 0.588. The van der Waals surface area contributed by atoms with Gasteiger partial charge in [-0.25, -0.2) is 9.37 Å². The minimum atomic E-state index is -0.210. The average molecular weight is 289 g/mol. The molecule has 2 aromatic rings. The van der Waals surface area contributed by atoms with Gasteiger partial charge in [-0.3, -0.25) is 0 Å². The normalized spacial score (nSPS) is 18.2. The van der Waals surface area contributed by atoms with Crippen molar-refractivity contribution in [3.05, 3.63) is 23.5 Å². The molecule has 0 spiro atoms. The zero-order valence-electron chi connectivity index (χ0n) is 12.9. The van der Waals surface area contributed by atoms with Crippen molar-refractivity contribution in [1.82, 2.24) is 9.55 Å². The van der Waals surface area contributed by atoms with E-state index in [0.717, 1.165) is 11.9 Å². The Balaban J connectivity index is 2.08. The summed E-state index contributed by atoms with van der Waals surface area (Å²) in [5, 5.41) is 0. The summed E-state index contributed by atoms with van der Waals surface area (Å²) in [6.45, 7) is 4.00. The van der Waals surface area contributed by atoms with E-state index in [4.69, 9.17) is 5.73 Å². The van der Waals surface area contributed by atoms with Gasteiger partial charge < -0.3 is 10.3 Å². The second-order valence-corrected chi connectivity index (χ2v) is 6.30. The monoisotopic (exact) mass is 289 g/mol. The summed E-state index contributed by atoms with van der Waals surface area (Å²) in [4.78, 5) is 4.38. The summed E-state index contributed by atoms with van der Waals surface area (Å²) in [5.41, 5.74) is 8.47. The Morgan fingerprint density at radius 2 is 2.05 bits per heavy atom. The highest BCUT2D eigenvalue weighted by atomic mass is 19.1. The number of fused-ring (bicyclic) bond motifs is 1. The van der Waals surface area contributed by atoms with Gasteiger partial charge in [-0.05, 0) is 43.7 Å². The van der Waals surface area contributed by atoms with Crippen LogP contribution in [0.25, 0.3) is 11.0 Å². The molecule has 1 unspecified atom stereocenters. The van der Waals surface area contributed by atoms with E-state index < -0.39 is 0 Å². The van der Waals surface area contributed by atoms with E-state index in [1.807, 2.05) is 6.07 Å². The van der Waals surface area contributed by atoms with Crippen molar-refractivity contribution < 1.29 is 4.39 Å². The Labute approximate surface area is 125 Å². The first-order chi connectivity index (χ1) is 10.1. The highest BCUT2D eigenvalue weighted by Gasteiger charge is 2.26. The predicted octanol–water partition coefficient (Wildman–Crippen LogP) is 4.60. The van der Waals surface area contributed by atoms with Crippen molar-refractivity contribution in [2.24, 2.45) is 5.92 Å². The van der Waals surface area contributed by atoms with Crippen LogP contribution in [-0.2, 0) is 0 Å². The van der Waals surface area contributed by atoms with E-state index in [9.17, 15) is 4.39 Å². The lowest BCUT2D eigenvalue weighted by atomic mass is 9.82. The Kier molecular flexibility index (Phi) is 3.87. The van der Waals surface area contributed by atoms with Crippen molar-refractivity contribution in [2.45, 2.75) is 58.4 Å². The molecule has 1 aromatic carbocycles. The number of nitrogens with two attached hydrogens (primary N) is 1. The van der Waals surface area contributed by atoms with Crippen molar-refractivity contribution in [3.8, 4) is 0 Å². The van der Waals surface area contributed by atoms with Gasteiger partial charge in [0.25, 0.3) is 0 Å². The first-order valence-corrected chi connectivity index (χ1v) is 8.05. The van der Waals surface area contributed by atoms with Crippen LogP contribution in [0.15, 0.2) is 12.1 Å². The summed E-state index contributed by atoms with van der Waals surface area (Å²) in [7, 11) is 0. The highest BCUT2D eigenvalue weighted by Crippen LogP contribution is 2.38. The fourth-order valence-electron chi connectivity index (χ4n) is 3.83. The molecule has 1 heterocycles. The molecule has 3 rings (SSSR count). The first-order valence-electron chi connectivity index (χ1n) is 8.05. The van der Waals surface area contributed by atoms with Gasteiger partial charge in [0.05, 0.1) is 11.0 Å². The van der Waals surface area contributed by atoms with Gasteiger partial charge in [-0.15, -0.1) is 0 Å². The number of nitrogen functional groups attached to an aromatic ring is 1. The maximum Gasteiger partial charge on any atom is 0.201 e. The standard InChI is InChI=1S/C17H24FN3/c1-3-15(12-7-5-4-6-8-12)21-16-9-11(2)13(18)10-14(16)20-17(21)19/h9-10,12,15H,3-8H2,1-2H3,(H2,19,20). The van der Waals surface area contributed by atoms with Gasteiger partial charge in [0, 0.05) is 12.1 Å². The van der Waals surface area contributed by atoms with Gasteiger partial charge in [-0.2, -0.15) is 0 Å². The zero-order valence-corrected chi connectivity index (χ0v) is 12.9. The van der Waals surface area contributed by atoms with Crippen LogP contribution >= 0.6 is 0 Å². The molecule has 0 radical (unpaired) electrons. The van der Waals surface area contributed by atoms with Gasteiger partial charge in [0.2, 0.25) is 5.95 Å². The highest BCUT2D eigenvalue weighted by molar-refractivity contribution is 5.79. The largest absolute Gasteiger partial charge is 0.369 e. The van der Waals surface area contributed by atoms with E-state index in [1.165, 1.54) is 38.2 Å². The molecule has 0 amide bonds. The average Bonchev–Trinajstić information content (AvgIpc) is 2.78. The van der Waals surface area contributed by atoms with E-state index in [0.29, 0.717) is 29.0 Å². The van der Waals surface area contributed by atoms with E-state index in [2.05, 4.69) is 16.5 Å². The van der Waals surface area contributed by atoms with Gasteiger partial charge in [-0.1, -0.05) is 26.2 Å². The molecular weight excluding hydrogens is 265 g/mol. The molecule has 0 saturated heterocycles. The number of nitrogens with zero attached hydrogens (tertiary/aromatic N) is 2. The number of aryl methyl sites for hydroxylation is 1. The van der Waals surface area contributed by atoms with Gasteiger partial charge >= 0.3 is 0 Å². The molecule has 3 nitrogen and oxygen atoms in total. The number of rotatable bonds is 3. The molecule has 1 saturated carbocycles. The van der Waals surface area contributed by atoms with Crippen molar-refractivity contribution in [2.75, 3.05) is 5.73 Å². The molecular formula is C17H24FN3. The third-order valence-corrected chi connectivity index (χ3v) is 4.94. The summed E-state index contributed by atoms with van der Waals surface area (Å²) in [6.07, 6.45) is 7.52. The van der Waals surface area contributed by atoms with Crippen molar-refractivity contribution in [3.63, 3.8) is 0 Å². The lowest BCUT2D eigenvalue weighted by Gasteiger charge is -2.31. The molecule has 1 atom stereocenters. The van der Waals surface area contributed by atoms with Crippen LogP contribution in [0.3, 0.4) is 0 Å². The van der Waals surface area contributed by atoms with Crippen LogP contribution in [0.4, 0.5) is 10.3 Å². The molecule has 4 heteroatoms. The Morgan fingerprint density at radius 3 is 2.71 bits per heavy atom. The van der Waals surface area contributed by atoms with Crippen LogP contribution in [0.2, 0.25) is 0 Å². The van der Waals surface area contributed by atoms with Gasteiger partial charge in [0.15, 0.2) is 0 Å². The molecule has 1 fully saturated rings. The Morgan fingerprint density at radius 1 is 1.33 bits per heavy atom. The molecule has 1 aliphatic carbocycles. The lowest BCUT2D eigenvalue weighted by molar-refractivity contribution is 0.249. The van der Waals surface area contributed by atoms with Crippen LogP contribution in [0, 0.1) is 18.7 Å². The lowest BCUT2D eigenvalue weighted by Crippen LogP contribution is -2.22. The van der Waals surface area contributed by atoms with Crippen LogP contribution in [0.5, 0.6) is 0 Å². The number of hydrogen-bond donors (Lipinski definition) is 1. The topological polar surface area (TPSA) is 43.8 Å². The quantitative estimate of drug-likeness (QED) is 0.897. The van der Waals surface area contributed by atoms with E-state index >= 15 is 0 Å². The summed E-state index contributed by atoms with van der Waals surface area (Å²) >= 11 is 0. The smallest absolute Gasteiger partial charge is 0.201 e. The Hall–Kier alpha value is -1.58. The molecule has 1 aromatic heterocycles. The van der Waals surface area contributed by atoms with Crippen LogP contribution in [-0.4, -0.2) is 9.55 Å². The minimum absolute atomic E-state index is 0.210. The third kappa shape index (κ3) is 2.52. The zero-order chi connectivity index (χ0) is 15.0. The van der Waals surface area contributed by atoms with E-state index in [-0.39, 0.29) is 5.82 Å². The molecule has 0 aliphatic heterocycles. The number of anilines is 1. The number of imidazole rings is 1. The number of benzene rings is 1. The minimum Gasteiger partial charge on any atom is -0.369 e. The molecule has 2 N–H and O–H groups in total. The molecule has 21 heavy (non-hydrogen) atoms. The second kappa shape index (κ2) is 5.66. The van der Waals surface area contributed by atoms with Crippen molar-refractivity contribution in [1.29, 1.82) is 0 Å². The summed E-state index contributed by atoms with van der Waals surface area (Å²) < 4.78 is 15.9. The second-order valence-electron chi connectivity index (χ2n) is 6.30. The fourth-order valence-corrected chi connectivity index (χ4v) is 3.83. The maximum absolute atomic E-state index is 13.7. The Bertz CT molecular complexity index is 641. The van der Waals surface area contributed by atoms with Gasteiger partial charge in [0.1, 0.15) is 5.82 Å². The number of halogens is 1. The third-order valence-electron chi connectivity index (χ3n) is 4.94. The SMILES string of the molecule is CCC(C1CCCCC1)n1c(N)nc2cc(F)c(C)cc21. The molecule has 114 valence electrons. The maximum atomic E-state index is 13.7. The van der Waals surface area contributed by atoms with Crippen LogP contribution < -0.4 is 5.73 Å². The molecule has 1 aliphatic rings. The van der Waals surface area contributed by atoms with Crippen molar-refractivity contribution >= 4 is 17.0 Å².